The van der Waals surface area contributed by atoms with E-state index in [-0.39, 0.29) is 12.6 Å². The maximum absolute atomic E-state index is 9.12. The van der Waals surface area contributed by atoms with Crippen LogP contribution in [-0.4, -0.2) is 22.7 Å². The maximum Gasteiger partial charge on any atom is 0.107 e. The minimum Gasteiger partial charge on any atom is -0.395 e. The minimum atomic E-state index is 0.204. The van der Waals surface area contributed by atoms with E-state index in [0.717, 1.165) is 25.3 Å². The van der Waals surface area contributed by atoms with Gasteiger partial charge in [0.1, 0.15) is 5.01 Å². The first-order valence-corrected chi connectivity index (χ1v) is 7.36. The second kappa shape index (κ2) is 5.94. The van der Waals surface area contributed by atoms with Crippen molar-refractivity contribution in [1.82, 2.24) is 10.3 Å². The molecule has 2 rings (SSSR count). The Hall–Kier alpha value is -0.450. The van der Waals surface area contributed by atoms with Gasteiger partial charge >= 0.3 is 0 Å². The Bertz CT molecular complexity index is 360. The topological polar surface area (TPSA) is 45.1 Å². The summed E-state index contributed by atoms with van der Waals surface area (Å²) in [5.41, 5.74) is 1.32. The molecule has 4 heteroatoms. The summed E-state index contributed by atoms with van der Waals surface area (Å²) in [6.45, 7) is 5.41. The molecule has 1 aliphatic rings. The van der Waals surface area contributed by atoms with E-state index in [1.54, 1.807) is 0 Å². The monoisotopic (exact) mass is 254 g/mol. The maximum atomic E-state index is 9.12. The number of fused-ring (bicyclic) bond motifs is 1. The quantitative estimate of drug-likeness (QED) is 0.846. The van der Waals surface area contributed by atoms with Crippen molar-refractivity contribution < 1.29 is 5.11 Å². The summed E-state index contributed by atoms with van der Waals surface area (Å²) in [4.78, 5) is 6.18. The van der Waals surface area contributed by atoms with Crippen molar-refractivity contribution in [3.05, 3.63) is 15.6 Å². The zero-order valence-electron chi connectivity index (χ0n) is 10.7. The molecule has 2 atom stereocenters. The van der Waals surface area contributed by atoms with Crippen LogP contribution in [0, 0.1) is 5.92 Å². The fraction of sp³-hybridized carbons (Fsp3) is 0.769. The van der Waals surface area contributed by atoms with E-state index in [0.29, 0.717) is 0 Å². The summed E-state index contributed by atoms with van der Waals surface area (Å²) in [5.74, 6) is 0.810. The highest BCUT2D eigenvalue weighted by Crippen LogP contribution is 2.29. The van der Waals surface area contributed by atoms with Crippen LogP contribution in [0.3, 0.4) is 0 Å². The smallest absolute Gasteiger partial charge is 0.107 e. The largest absolute Gasteiger partial charge is 0.395 e. The van der Waals surface area contributed by atoms with E-state index in [2.05, 4.69) is 19.2 Å². The molecule has 1 heterocycles. The fourth-order valence-electron chi connectivity index (χ4n) is 2.24. The van der Waals surface area contributed by atoms with Crippen LogP contribution >= 0.6 is 11.3 Å². The lowest BCUT2D eigenvalue weighted by atomic mass is 9.93. The summed E-state index contributed by atoms with van der Waals surface area (Å²) in [5, 5.41) is 13.7. The number of hydrogen-bond acceptors (Lipinski definition) is 4. The molecular weight excluding hydrogens is 232 g/mol. The minimum absolute atomic E-state index is 0.204. The Morgan fingerprint density at radius 2 is 2.41 bits per heavy atom. The number of aliphatic hydroxyl groups is 1. The molecular formula is C13H22N2OS. The molecule has 0 spiro atoms. The van der Waals surface area contributed by atoms with Gasteiger partial charge in [0.15, 0.2) is 0 Å². The Morgan fingerprint density at radius 1 is 1.59 bits per heavy atom. The van der Waals surface area contributed by atoms with E-state index in [4.69, 9.17) is 10.1 Å². The molecule has 0 saturated carbocycles. The van der Waals surface area contributed by atoms with Gasteiger partial charge in [-0.15, -0.1) is 11.3 Å². The SMILES string of the molecule is CCC(CO)NCc1nc2c(s1)CC(C)CC2. The van der Waals surface area contributed by atoms with Crippen molar-refractivity contribution in [2.45, 2.75) is 52.1 Å². The molecule has 0 fully saturated rings. The molecule has 17 heavy (non-hydrogen) atoms. The molecule has 0 saturated heterocycles. The van der Waals surface area contributed by atoms with Crippen LogP contribution in [0.15, 0.2) is 0 Å². The van der Waals surface area contributed by atoms with Crippen LogP contribution in [0.5, 0.6) is 0 Å². The number of aromatic nitrogens is 1. The summed E-state index contributed by atoms with van der Waals surface area (Å²) in [7, 11) is 0. The third-order valence-electron chi connectivity index (χ3n) is 3.49. The van der Waals surface area contributed by atoms with E-state index in [1.807, 2.05) is 11.3 Å². The normalized spacial score (nSPS) is 21.2. The first-order valence-electron chi connectivity index (χ1n) is 6.54. The number of rotatable bonds is 5. The van der Waals surface area contributed by atoms with Crippen LogP contribution in [0.2, 0.25) is 0 Å². The fourth-order valence-corrected chi connectivity index (χ4v) is 3.47. The molecule has 1 aliphatic carbocycles. The van der Waals surface area contributed by atoms with E-state index in [9.17, 15) is 0 Å². The molecule has 2 unspecified atom stereocenters. The van der Waals surface area contributed by atoms with Gasteiger partial charge in [-0.3, -0.25) is 0 Å². The zero-order valence-corrected chi connectivity index (χ0v) is 11.5. The molecule has 3 nitrogen and oxygen atoms in total. The number of nitrogens with one attached hydrogen (secondary N) is 1. The summed E-state index contributed by atoms with van der Waals surface area (Å²) < 4.78 is 0. The molecule has 0 aromatic carbocycles. The van der Waals surface area contributed by atoms with Crippen molar-refractivity contribution in [2.75, 3.05) is 6.61 Å². The third kappa shape index (κ3) is 3.27. The second-order valence-corrected chi connectivity index (χ2v) is 6.16. The van der Waals surface area contributed by atoms with Crippen molar-refractivity contribution in [3.63, 3.8) is 0 Å². The van der Waals surface area contributed by atoms with Crippen molar-refractivity contribution in [2.24, 2.45) is 5.92 Å². The molecule has 0 radical (unpaired) electrons. The van der Waals surface area contributed by atoms with Gasteiger partial charge in [-0.05, 0) is 31.6 Å². The average molecular weight is 254 g/mol. The van der Waals surface area contributed by atoms with Gasteiger partial charge in [0, 0.05) is 17.5 Å². The highest BCUT2D eigenvalue weighted by Gasteiger charge is 2.19. The molecule has 0 bridgehead atoms. The van der Waals surface area contributed by atoms with Gasteiger partial charge in [-0.1, -0.05) is 13.8 Å². The van der Waals surface area contributed by atoms with Crippen LogP contribution in [-0.2, 0) is 19.4 Å². The number of aryl methyl sites for hydroxylation is 1. The Labute approximate surface area is 107 Å². The Balaban J connectivity index is 1.94. The predicted octanol–water partition coefficient (Wildman–Crippen LogP) is 2.13. The number of nitrogens with zero attached hydrogens (tertiary/aromatic N) is 1. The molecule has 0 amide bonds. The molecule has 1 aromatic heterocycles. The number of thiazole rings is 1. The first kappa shape index (κ1) is 13.0. The first-order chi connectivity index (χ1) is 8.22. The van der Waals surface area contributed by atoms with Crippen molar-refractivity contribution in [3.8, 4) is 0 Å². The lowest BCUT2D eigenvalue weighted by Crippen LogP contribution is -2.31. The summed E-state index contributed by atoms with van der Waals surface area (Å²) >= 11 is 1.85. The second-order valence-electron chi connectivity index (χ2n) is 4.99. The number of hydrogen-bond donors (Lipinski definition) is 2. The van der Waals surface area contributed by atoms with Crippen LogP contribution in [0.25, 0.3) is 0 Å². The standard InChI is InChI=1S/C13H22N2OS/c1-3-10(8-16)14-7-13-15-11-5-4-9(2)6-12(11)17-13/h9-10,14,16H,3-8H2,1-2H3. The van der Waals surface area contributed by atoms with Gasteiger partial charge < -0.3 is 10.4 Å². The van der Waals surface area contributed by atoms with Gasteiger partial charge in [0.25, 0.3) is 0 Å². The predicted molar refractivity (Wildman–Crippen MR) is 71.3 cm³/mol. The lowest BCUT2D eigenvalue weighted by molar-refractivity contribution is 0.238. The van der Waals surface area contributed by atoms with Crippen molar-refractivity contribution in [1.29, 1.82) is 0 Å². The summed E-state index contributed by atoms with van der Waals surface area (Å²) in [6.07, 6.45) is 4.57. The summed E-state index contributed by atoms with van der Waals surface area (Å²) in [6, 6.07) is 0.204. The molecule has 96 valence electrons. The van der Waals surface area contributed by atoms with Crippen LogP contribution in [0.4, 0.5) is 0 Å². The van der Waals surface area contributed by atoms with Crippen LogP contribution < -0.4 is 5.32 Å². The van der Waals surface area contributed by atoms with E-state index in [1.165, 1.54) is 28.4 Å². The van der Waals surface area contributed by atoms with E-state index >= 15 is 0 Å². The molecule has 1 aromatic rings. The van der Waals surface area contributed by atoms with Gasteiger partial charge in [0.05, 0.1) is 12.3 Å². The lowest BCUT2D eigenvalue weighted by Gasteiger charge is -2.15. The molecule has 0 aliphatic heterocycles. The van der Waals surface area contributed by atoms with Gasteiger partial charge in [-0.25, -0.2) is 4.98 Å². The van der Waals surface area contributed by atoms with Gasteiger partial charge in [0.2, 0.25) is 0 Å². The third-order valence-corrected chi connectivity index (χ3v) is 4.61. The Morgan fingerprint density at radius 3 is 3.12 bits per heavy atom. The molecule has 2 N–H and O–H groups in total. The highest BCUT2D eigenvalue weighted by molar-refractivity contribution is 7.11. The van der Waals surface area contributed by atoms with E-state index < -0.39 is 0 Å². The van der Waals surface area contributed by atoms with Gasteiger partial charge in [-0.2, -0.15) is 0 Å². The number of aliphatic hydroxyl groups excluding tert-OH is 1. The van der Waals surface area contributed by atoms with Crippen molar-refractivity contribution >= 4 is 11.3 Å². The average Bonchev–Trinajstić information content (AvgIpc) is 2.72. The van der Waals surface area contributed by atoms with Crippen LogP contribution in [0.1, 0.15) is 42.3 Å². The highest BCUT2D eigenvalue weighted by atomic mass is 32.1. The zero-order chi connectivity index (χ0) is 12.3. The Kier molecular flexibility index (Phi) is 4.54.